The molecule has 1 aromatic heterocycles. The molecule has 0 saturated carbocycles. The molecule has 4 aromatic rings. The van der Waals surface area contributed by atoms with Gasteiger partial charge < -0.3 is 19.5 Å². The highest BCUT2D eigenvalue weighted by atomic mass is 16.6. The number of hydrogen-bond donors (Lipinski definition) is 1. The highest BCUT2D eigenvalue weighted by Crippen LogP contribution is 2.42. The maximum Gasteiger partial charge on any atom is 0.410 e. The SMILES string of the molecule is Cc1nc2ccccc2n1C1CC2CCC(C1)N2CC[C@H](NC(=O)C1CN(C(=O)OCc2ccccc2)C1)c1ccccc1. The normalized spacial score (nSPS) is 22.5. The van der Waals surface area contributed by atoms with Gasteiger partial charge in [-0.15, -0.1) is 0 Å². The van der Waals surface area contributed by atoms with E-state index in [1.165, 1.54) is 18.4 Å². The number of ether oxygens (including phenoxy) is 1. The van der Waals surface area contributed by atoms with Gasteiger partial charge >= 0.3 is 6.09 Å². The number of para-hydroxylation sites is 2. The van der Waals surface area contributed by atoms with E-state index in [4.69, 9.17) is 9.72 Å². The van der Waals surface area contributed by atoms with Crippen molar-refractivity contribution in [3.8, 4) is 0 Å². The molecule has 3 saturated heterocycles. The lowest BCUT2D eigenvalue weighted by Gasteiger charge is -2.41. The molecule has 8 heteroatoms. The van der Waals surface area contributed by atoms with E-state index in [1.54, 1.807) is 4.90 Å². The molecule has 0 aliphatic carbocycles. The van der Waals surface area contributed by atoms with Crippen LogP contribution in [0.1, 0.15) is 61.1 Å². The Morgan fingerprint density at radius 3 is 2.27 bits per heavy atom. The fourth-order valence-electron chi connectivity index (χ4n) is 7.63. The molecule has 228 valence electrons. The molecule has 3 aromatic carbocycles. The van der Waals surface area contributed by atoms with Crippen LogP contribution in [-0.2, 0) is 16.1 Å². The monoisotopic (exact) mass is 591 g/mol. The number of benzene rings is 3. The van der Waals surface area contributed by atoms with Gasteiger partial charge in [-0.2, -0.15) is 0 Å². The van der Waals surface area contributed by atoms with Crippen molar-refractivity contribution in [3.63, 3.8) is 0 Å². The maximum atomic E-state index is 13.3. The Bertz CT molecular complexity index is 1590. The molecule has 1 N–H and O–H groups in total. The lowest BCUT2D eigenvalue weighted by molar-refractivity contribution is -0.130. The lowest BCUT2D eigenvalue weighted by Crippen LogP contribution is -2.56. The molecule has 0 spiro atoms. The standard InChI is InChI=1S/C36H41N5O3/c1-25-37-33-14-8-9-15-34(33)41(25)31-20-29-16-17-30(21-31)40(29)19-18-32(27-12-6-3-7-13-27)38-35(42)28-22-39(23-28)36(43)44-24-26-10-4-2-5-11-26/h2-15,28-32H,16-24H2,1H3,(H,38,42)/t29?,30?,31?,32-/m0/s1. The van der Waals surface area contributed by atoms with Crippen LogP contribution in [0.4, 0.5) is 4.79 Å². The number of amides is 2. The Morgan fingerprint density at radius 1 is 0.886 bits per heavy atom. The second-order valence-electron chi connectivity index (χ2n) is 12.7. The number of carbonyl (C=O) groups excluding carboxylic acids is 2. The van der Waals surface area contributed by atoms with Gasteiger partial charge in [0.2, 0.25) is 5.91 Å². The third-order valence-corrected chi connectivity index (χ3v) is 9.91. The second-order valence-corrected chi connectivity index (χ2v) is 12.7. The maximum absolute atomic E-state index is 13.3. The third-order valence-electron chi connectivity index (χ3n) is 9.91. The van der Waals surface area contributed by atoms with Crippen LogP contribution in [0.15, 0.2) is 84.9 Å². The van der Waals surface area contributed by atoms with E-state index < -0.39 is 0 Å². The minimum absolute atomic E-state index is 0.00936. The predicted molar refractivity (Wildman–Crippen MR) is 170 cm³/mol. The van der Waals surface area contributed by atoms with E-state index >= 15 is 0 Å². The molecule has 3 aliphatic heterocycles. The van der Waals surface area contributed by atoms with E-state index in [1.807, 2.05) is 48.5 Å². The molecule has 7 rings (SSSR count). The highest BCUT2D eigenvalue weighted by Gasteiger charge is 2.42. The molecular weight excluding hydrogens is 550 g/mol. The Kier molecular flexibility index (Phi) is 8.09. The second kappa shape index (κ2) is 12.4. The highest BCUT2D eigenvalue weighted by molar-refractivity contribution is 5.83. The largest absolute Gasteiger partial charge is 0.445 e. The topological polar surface area (TPSA) is 79.7 Å². The fourth-order valence-corrected chi connectivity index (χ4v) is 7.63. The quantitative estimate of drug-likeness (QED) is 0.257. The number of carbonyl (C=O) groups is 2. The number of piperidine rings is 1. The van der Waals surface area contributed by atoms with Gasteiger partial charge in [0.1, 0.15) is 12.4 Å². The Balaban J connectivity index is 0.952. The number of aryl methyl sites for hydroxylation is 1. The fraction of sp³-hybridized carbons (Fsp3) is 0.417. The zero-order valence-corrected chi connectivity index (χ0v) is 25.3. The van der Waals surface area contributed by atoms with Gasteiger partial charge in [0.25, 0.3) is 0 Å². The van der Waals surface area contributed by atoms with E-state index in [9.17, 15) is 9.59 Å². The lowest BCUT2D eigenvalue weighted by atomic mass is 9.94. The smallest absolute Gasteiger partial charge is 0.410 e. The van der Waals surface area contributed by atoms with Crippen LogP contribution >= 0.6 is 0 Å². The molecule has 8 nitrogen and oxygen atoms in total. The molecule has 2 amide bonds. The number of rotatable bonds is 9. The van der Waals surface area contributed by atoms with Crippen molar-refractivity contribution in [1.29, 1.82) is 0 Å². The Hall–Kier alpha value is -4.17. The Morgan fingerprint density at radius 2 is 1.55 bits per heavy atom. The van der Waals surface area contributed by atoms with Crippen molar-refractivity contribution in [2.45, 2.75) is 69.8 Å². The summed E-state index contributed by atoms with van der Waals surface area (Å²) in [5, 5.41) is 3.34. The van der Waals surface area contributed by atoms with Gasteiger partial charge in [-0.3, -0.25) is 9.69 Å². The van der Waals surface area contributed by atoms with Gasteiger partial charge in [0.15, 0.2) is 0 Å². The number of fused-ring (bicyclic) bond motifs is 3. The van der Waals surface area contributed by atoms with Crippen molar-refractivity contribution in [2.75, 3.05) is 19.6 Å². The predicted octanol–water partition coefficient (Wildman–Crippen LogP) is 6.03. The number of imidazole rings is 1. The van der Waals surface area contributed by atoms with Crippen LogP contribution in [0.25, 0.3) is 11.0 Å². The summed E-state index contributed by atoms with van der Waals surface area (Å²) < 4.78 is 7.92. The zero-order valence-electron chi connectivity index (χ0n) is 25.3. The van der Waals surface area contributed by atoms with E-state index in [0.29, 0.717) is 31.2 Å². The van der Waals surface area contributed by atoms with E-state index in [-0.39, 0.29) is 30.6 Å². The first kappa shape index (κ1) is 28.6. The summed E-state index contributed by atoms with van der Waals surface area (Å²) in [4.78, 5) is 35.0. The molecule has 2 bridgehead atoms. The van der Waals surface area contributed by atoms with Gasteiger partial charge in [0.05, 0.1) is 23.0 Å². The molecular formula is C36H41N5O3. The molecule has 0 radical (unpaired) electrons. The molecule has 4 heterocycles. The van der Waals surface area contributed by atoms with Crippen molar-refractivity contribution in [2.24, 2.45) is 5.92 Å². The van der Waals surface area contributed by atoms with Crippen LogP contribution in [0.5, 0.6) is 0 Å². The van der Waals surface area contributed by atoms with Crippen molar-refractivity contribution < 1.29 is 14.3 Å². The first-order valence-corrected chi connectivity index (χ1v) is 16.0. The number of likely N-dealkylation sites (tertiary alicyclic amines) is 1. The molecule has 2 unspecified atom stereocenters. The van der Waals surface area contributed by atoms with Crippen LogP contribution in [0.2, 0.25) is 0 Å². The minimum Gasteiger partial charge on any atom is -0.445 e. The van der Waals surface area contributed by atoms with E-state index in [2.05, 4.69) is 58.1 Å². The summed E-state index contributed by atoms with van der Waals surface area (Å²) >= 11 is 0. The molecule has 3 aliphatic rings. The van der Waals surface area contributed by atoms with Crippen LogP contribution in [0, 0.1) is 12.8 Å². The molecule has 3 atom stereocenters. The number of aromatic nitrogens is 2. The van der Waals surface area contributed by atoms with E-state index in [0.717, 1.165) is 48.3 Å². The van der Waals surface area contributed by atoms with Gasteiger partial charge in [-0.1, -0.05) is 72.8 Å². The van der Waals surface area contributed by atoms with Crippen LogP contribution < -0.4 is 5.32 Å². The summed E-state index contributed by atoms with van der Waals surface area (Å²) in [5.41, 5.74) is 4.40. The van der Waals surface area contributed by atoms with Crippen molar-refractivity contribution >= 4 is 23.0 Å². The Labute approximate surface area is 259 Å². The zero-order chi connectivity index (χ0) is 30.0. The van der Waals surface area contributed by atoms with Crippen LogP contribution in [0.3, 0.4) is 0 Å². The summed E-state index contributed by atoms with van der Waals surface area (Å²) in [7, 11) is 0. The summed E-state index contributed by atoms with van der Waals surface area (Å²) in [6.07, 6.45) is 5.23. The average Bonchev–Trinajstić information content (AvgIpc) is 3.48. The molecule has 44 heavy (non-hydrogen) atoms. The van der Waals surface area contributed by atoms with Gasteiger partial charge in [0, 0.05) is 37.8 Å². The number of nitrogens with zero attached hydrogens (tertiary/aromatic N) is 4. The first-order valence-electron chi connectivity index (χ1n) is 16.0. The minimum atomic E-state index is -0.365. The third kappa shape index (κ3) is 5.83. The summed E-state index contributed by atoms with van der Waals surface area (Å²) in [6.45, 7) is 4.10. The number of hydrogen-bond acceptors (Lipinski definition) is 5. The van der Waals surface area contributed by atoms with Gasteiger partial charge in [-0.25, -0.2) is 9.78 Å². The van der Waals surface area contributed by atoms with Crippen LogP contribution in [-0.4, -0.2) is 63.1 Å². The number of nitrogens with one attached hydrogen (secondary N) is 1. The van der Waals surface area contributed by atoms with Crippen molar-refractivity contribution in [3.05, 3.63) is 102 Å². The first-order chi connectivity index (χ1) is 21.5. The summed E-state index contributed by atoms with van der Waals surface area (Å²) in [6, 6.07) is 29.9. The van der Waals surface area contributed by atoms with Gasteiger partial charge in [-0.05, 0) is 62.3 Å². The summed E-state index contributed by atoms with van der Waals surface area (Å²) in [5.74, 6) is 0.899. The molecule has 3 fully saturated rings. The van der Waals surface area contributed by atoms with Crippen molar-refractivity contribution in [1.82, 2.24) is 24.7 Å². The average molecular weight is 592 g/mol.